The van der Waals surface area contributed by atoms with Crippen molar-refractivity contribution in [1.29, 1.82) is 0 Å². The zero-order valence-corrected chi connectivity index (χ0v) is 14.3. The summed E-state index contributed by atoms with van der Waals surface area (Å²) in [5, 5.41) is 6.37. The summed E-state index contributed by atoms with van der Waals surface area (Å²) >= 11 is 0. The van der Waals surface area contributed by atoms with Crippen LogP contribution in [-0.2, 0) is 4.79 Å². The van der Waals surface area contributed by atoms with Crippen molar-refractivity contribution in [1.82, 2.24) is 15.5 Å². The normalized spacial score (nSPS) is 20.4. The summed E-state index contributed by atoms with van der Waals surface area (Å²) in [5.74, 6) is 0.154. The van der Waals surface area contributed by atoms with E-state index in [2.05, 4.69) is 50.4 Å². The lowest BCUT2D eigenvalue weighted by atomic mass is 9.84. The molecule has 2 N–H and O–H groups in total. The minimum absolute atomic E-state index is 0. The molecule has 0 radical (unpaired) electrons. The maximum atomic E-state index is 12.0. The fraction of sp³-hybridized carbons (Fsp3) is 0.923. The van der Waals surface area contributed by atoms with E-state index in [-0.39, 0.29) is 48.2 Å². The zero-order valence-electron chi connectivity index (χ0n) is 12.7. The van der Waals surface area contributed by atoms with Crippen LogP contribution < -0.4 is 10.6 Å². The molecule has 0 bridgehead atoms. The van der Waals surface area contributed by atoms with Crippen molar-refractivity contribution < 1.29 is 4.79 Å². The van der Waals surface area contributed by atoms with Crippen LogP contribution in [0.2, 0.25) is 0 Å². The summed E-state index contributed by atoms with van der Waals surface area (Å²) in [6.45, 7) is 8.41. The molecule has 0 aromatic carbocycles. The third kappa shape index (κ3) is 6.80. The van der Waals surface area contributed by atoms with Gasteiger partial charge in [-0.3, -0.25) is 4.79 Å². The van der Waals surface area contributed by atoms with Crippen molar-refractivity contribution in [2.75, 3.05) is 27.2 Å². The molecule has 6 heteroatoms. The molecule has 0 saturated carbocycles. The van der Waals surface area contributed by atoms with Gasteiger partial charge in [0.1, 0.15) is 0 Å². The first-order valence-corrected chi connectivity index (χ1v) is 6.51. The second-order valence-corrected chi connectivity index (χ2v) is 6.11. The van der Waals surface area contributed by atoms with Crippen LogP contribution in [0.4, 0.5) is 0 Å². The third-order valence-corrected chi connectivity index (χ3v) is 3.63. The van der Waals surface area contributed by atoms with Crippen LogP contribution in [0.5, 0.6) is 0 Å². The predicted octanol–water partition coefficient (Wildman–Crippen LogP) is 1.67. The minimum Gasteiger partial charge on any atom is -0.352 e. The second kappa shape index (κ2) is 9.01. The Bertz CT molecular complexity index is 267. The van der Waals surface area contributed by atoms with Crippen LogP contribution in [0, 0.1) is 5.41 Å². The Morgan fingerprint density at radius 1 is 1.42 bits per heavy atom. The molecule has 1 fully saturated rings. The number of nitrogens with zero attached hydrogens (tertiary/aromatic N) is 1. The van der Waals surface area contributed by atoms with Crippen LogP contribution in [0.25, 0.3) is 0 Å². The average molecular weight is 314 g/mol. The smallest absolute Gasteiger partial charge is 0.237 e. The molecule has 2 atom stereocenters. The number of hydrogen-bond donors (Lipinski definition) is 2. The average Bonchev–Trinajstić information content (AvgIpc) is 2.67. The van der Waals surface area contributed by atoms with Gasteiger partial charge in [-0.15, -0.1) is 24.8 Å². The van der Waals surface area contributed by atoms with Gasteiger partial charge in [0, 0.05) is 12.6 Å². The van der Waals surface area contributed by atoms with Crippen LogP contribution in [0.3, 0.4) is 0 Å². The van der Waals surface area contributed by atoms with Crippen LogP contribution in [0.15, 0.2) is 0 Å². The maximum absolute atomic E-state index is 12.0. The lowest BCUT2D eigenvalue weighted by Crippen LogP contribution is -2.51. The zero-order chi connectivity index (χ0) is 13.1. The Kier molecular flexibility index (Phi) is 10.1. The van der Waals surface area contributed by atoms with Crippen molar-refractivity contribution in [3.63, 3.8) is 0 Å². The first-order chi connectivity index (χ1) is 7.83. The highest BCUT2D eigenvalue weighted by atomic mass is 35.5. The standard InChI is InChI=1S/C13H27N3O.2ClH/c1-10(13(2,3)9-16(4)5)15-12(17)11-7-6-8-14-11;;/h10-11,14H,6-9H2,1-5H3,(H,15,17);2*1H. The number of nitrogens with one attached hydrogen (secondary N) is 2. The molecule has 4 nitrogen and oxygen atoms in total. The predicted molar refractivity (Wildman–Crippen MR) is 85.5 cm³/mol. The van der Waals surface area contributed by atoms with E-state index in [1.165, 1.54) is 0 Å². The molecule has 0 aromatic heterocycles. The maximum Gasteiger partial charge on any atom is 0.237 e. The first kappa shape index (κ1) is 21.3. The highest BCUT2D eigenvalue weighted by molar-refractivity contribution is 5.85. The Morgan fingerprint density at radius 3 is 2.42 bits per heavy atom. The topological polar surface area (TPSA) is 44.4 Å². The number of halogens is 2. The van der Waals surface area contributed by atoms with Gasteiger partial charge in [-0.25, -0.2) is 0 Å². The van der Waals surface area contributed by atoms with E-state index in [1.807, 2.05) is 0 Å². The number of carbonyl (C=O) groups is 1. The van der Waals surface area contributed by atoms with Gasteiger partial charge in [0.25, 0.3) is 0 Å². The Hall–Kier alpha value is -0.0300. The molecule has 0 aromatic rings. The van der Waals surface area contributed by atoms with Crippen molar-refractivity contribution in [3.8, 4) is 0 Å². The van der Waals surface area contributed by atoms with E-state index in [0.29, 0.717) is 0 Å². The van der Waals surface area contributed by atoms with E-state index in [4.69, 9.17) is 0 Å². The molecule has 1 saturated heterocycles. The van der Waals surface area contributed by atoms with Gasteiger partial charge in [-0.05, 0) is 45.8 Å². The van der Waals surface area contributed by atoms with Gasteiger partial charge >= 0.3 is 0 Å². The van der Waals surface area contributed by atoms with Gasteiger partial charge in [-0.2, -0.15) is 0 Å². The molecule has 1 aliphatic rings. The van der Waals surface area contributed by atoms with Crippen molar-refractivity contribution >= 4 is 30.7 Å². The molecule has 116 valence electrons. The van der Waals surface area contributed by atoms with Crippen LogP contribution in [0.1, 0.15) is 33.6 Å². The molecular weight excluding hydrogens is 285 g/mol. The highest BCUT2D eigenvalue weighted by Gasteiger charge is 2.30. The summed E-state index contributed by atoms with van der Waals surface area (Å²) in [6, 6.07) is 0.201. The van der Waals surface area contributed by atoms with Gasteiger partial charge in [0.2, 0.25) is 5.91 Å². The molecule has 1 aliphatic heterocycles. The van der Waals surface area contributed by atoms with Crippen molar-refractivity contribution in [2.45, 2.75) is 45.7 Å². The van der Waals surface area contributed by atoms with Crippen molar-refractivity contribution in [2.24, 2.45) is 5.41 Å². The molecule has 1 rings (SSSR count). The molecule has 2 unspecified atom stereocenters. The summed E-state index contributed by atoms with van der Waals surface area (Å²) < 4.78 is 0. The highest BCUT2D eigenvalue weighted by Crippen LogP contribution is 2.21. The van der Waals surface area contributed by atoms with Crippen molar-refractivity contribution in [3.05, 3.63) is 0 Å². The molecule has 19 heavy (non-hydrogen) atoms. The summed E-state index contributed by atoms with van der Waals surface area (Å²) in [4.78, 5) is 14.2. The van der Waals surface area contributed by atoms with Gasteiger partial charge in [0.15, 0.2) is 0 Å². The SMILES string of the molecule is CC(NC(=O)C1CCCN1)C(C)(C)CN(C)C.Cl.Cl. The summed E-state index contributed by atoms with van der Waals surface area (Å²) in [5.41, 5.74) is 0.0811. The Morgan fingerprint density at radius 2 is 2.00 bits per heavy atom. The molecule has 0 spiro atoms. The summed E-state index contributed by atoms with van der Waals surface area (Å²) in [6.07, 6.45) is 2.07. The van der Waals surface area contributed by atoms with E-state index >= 15 is 0 Å². The molecule has 1 amide bonds. The first-order valence-electron chi connectivity index (χ1n) is 6.51. The van der Waals surface area contributed by atoms with Gasteiger partial charge < -0.3 is 15.5 Å². The fourth-order valence-corrected chi connectivity index (χ4v) is 2.37. The monoisotopic (exact) mass is 313 g/mol. The largest absolute Gasteiger partial charge is 0.352 e. The van der Waals surface area contributed by atoms with Gasteiger partial charge in [0.05, 0.1) is 6.04 Å². The Balaban J connectivity index is 0. The lowest BCUT2D eigenvalue weighted by molar-refractivity contribution is -0.124. The molecule has 1 heterocycles. The number of hydrogen-bond acceptors (Lipinski definition) is 3. The quantitative estimate of drug-likeness (QED) is 0.811. The number of carbonyl (C=O) groups excluding carboxylic acids is 1. The third-order valence-electron chi connectivity index (χ3n) is 3.63. The number of amides is 1. The molecular formula is C13H29Cl2N3O. The Labute approximate surface area is 129 Å². The lowest BCUT2D eigenvalue weighted by Gasteiger charge is -2.35. The van der Waals surface area contributed by atoms with E-state index < -0.39 is 0 Å². The van der Waals surface area contributed by atoms with Crippen LogP contribution in [-0.4, -0.2) is 50.1 Å². The second-order valence-electron chi connectivity index (χ2n) is 6.11. The van der Waals surface area contributed by atoms with E-state index in [0.717, 1.165) is 25.9 Å². The van der Waals surface area contributed by atoms with E-state index in [9.17, 15) is 4.79 Å². The molecule has 0 aliphatic carbocycles. The summed E-state index contributed by atoms with van der Waals surface area (Å²) in [7, 11) is 4.13. The number of rotatable bonds is 5. The van der Waals surface area contributed by atoms with Crippen LogP contribution >= 0.6 is 24.8 Å². The fourth-order valence-electron chi connectivity index (χ4n) is 2.37. The van der Waals surface area contributed by atoms with Gasteiger partial charge in [-0.1, -0.05) is 13.8 Å². The minimum atomic E-state index is 0. The van der Waals surface area contributed by atoms with E-state index in [1.54, 1.807) is 0 Å².